The molecule has 0 radical (unpaired) electrons. The Hall–Kier alpha value is -2.65. The van der Waals surface area contributed by atoms with Crippen LogP contribution in [0.2, 0.25) is 0 Å². The fourth-order valence-electron chi connectivity index (χ4n) is 4.81. The number of methoxy groups -OCH3 is 1. The molecule has 4 aromatic rings. The monoisotopic (exact) mass is 462 g/mol. The highest BCUT2D eigenvalue weighted by Gasteiger charge is 2.22. The van der Waals surface area contributed by atoms with E-state index in [9.17, 15) is 0 Å². The summed E-state index contributed by atoms with van der Waals surface area (Å²) in [6.07, 6.45) is 4.22. The molecule has 2 aromatic heterocycles. The van der Waals surface area contributed by atoms with Gasteiger partial charge in [0.1, 0.15) is 16.8 Å². The minimum absolute atomic E-state index is 0.0623. The summed E-state index contributed by atoms with van der Waals surface area (Å²) in [6, 6.07) is 14.5. The number of piperidine rings is 1. The Labute approximate surface area is 198 Å². The minimum Gasteiger partial charge on any atom is -0.495 e. The number of fused-ring (bicyclic) bond motifs is 2. The van der Waals surface area contributed by atoms with E-state index in [1.807, 2.05) is 18.2 Å². The van der Waals surface area contributed by atoms with Crippen molar-refractivity contribution in [1.82, 2.24) is 23.9 Å². The Morgan fingerprint density at radius 2 is 2.09 bits per heavy atom. The van der Waals surface area contributed by atoms with Gasteiger partial charge in [-0.15, -0.1) is 0 Å². The molecule has 0 amide bonds. The van der Waals surface area contributed by atoms with Crippen molar-refractivity contribution < 1.29 is 4.74 Å². The number of benzene rings is 2. The van der Waals surface area contributed by atoms with E-state index < -0.39 is 0 Å². The fourth-order valence-corrected chi connectivity index (χ4v) is 5.32. The summed E-state index contributed by atoms with van der Waals surface area (Å²) >= 11 is 1.27. The van der Waals surface area contributed by atoms with Crippen molar-refractivity contribution in [2.75, 3.05) is 33.3 Å². The molecule has 1 fully saturated rings. The summed E-state index contributed by atoms with van der Waals surface area (Å²) in [5.41, 5.74) is 12.0. The molecule has 0 spiro atoms. The number of nitrogens with zero attached hydrogens (tertiary/aromatic N) is 4. The van der Waals surface area contributed by atoms with Crippen LogP contribution < -0.4 is 15.8 Å². The van der Waals surface area contributed by atoms with Crippen molar-refractivity contribution in [2.45, 2.75) is 25.4 Å². The third-order valence-corrected chi connectivity index (χ3v) is 7.06. The second-order valence-corrected chi connectivity index (χ2v) is 9.41. The molecule has 8 heteroatoms. The van der Waals surface area contributed by atoms with Crippen molar-refractivity contribution in [3.8, 4) is 5.75 Å². The van der Waals surface area contributed by atoms with Gasteiger partial charge in [0.25, 0.3) is 0 Å². The smallest absolute Gasteiger partial charge is 0.137 e. The lowest BCUT2D eigenvalue weighted by atomic mass is 9.96. The van der Waals surface area contributed by atoms with Gasteiger partial charge in [-0.05, 0) is 67.2 Å². The minimum atomic E-state index is -0.0623. The molecule has 1 saturated heterocycles. The van der Waals surface area contributed by atoms with E-state index in [1.165, 1.54) is 30.1 Å². The van der Waals surface area contributed by atoms with Crippen molar-refractivity contribution >= 4 is 33.7 Å². The molecule has 0 bridgehead atoms. The second-order valence-electron chi connectivity index (χ2n) is 8.88. The highest BCUT2D eigenvalue weighted by Crippen LogP contribution is 2.27. The molecular weight excluding hydrogens is 432 g/mol. The lowest BCUT2D eigenvalue weighted by Crippen LogP contribution is -2.42. The lowest BCUT2D eigenvalue weighted by Gasteiger charge is -2.34. The van der Waals surface area contributed by atoms with E-state index in [4.69, 9.17) is 10.5 Å². The van der Waals surface area contributed by atoms with Crippen LogP contribution in [0.4, 0.5) is 0 Å². The predicted molar refractivity (Wildman–Crippen MR) is 134 cm³/mol. The van der Waals surface area contributed by atoms with Gasteiger partial charge in [0.2, 0.25) is 0 Å². The molecule has 7 nitrogen and oxygen atoms in total. The van der Waals surface area contributed by atoms with Crippen LogP contribution in [0.15, 0.2) is 48.7 Å². The highest BCUT2D eigenvalue weighted by atomic mass is 32.1. The van der Waals surface area contributed by atoms with Gasteiger partial charge >= 0.3 is 0 Å². The molecule has 1 aliphatic rings. The Morgan fingerprint density at radius 3 is 3.00 bits per heavy atom. The van der Waals surface area contributed by atoms with E-state index >= 15 is 0 Å². The van der Waals surface area contributed by atoms with Crippen LogP contribution in [-0.4, -0.2) is 51.9 Å². The molecule has 33 heavy (non-hydrogen) atoms. The first kappa shape index (κ1) is 22.2. The molecular formula is C25H30N6OS. The van der Waals surface area contributed by atoms with Crippen molar-refractivity contribution in [3.63, 3.8) is 0 Å². The van der Waals surface area contributed by atoms with E-state index in [0.29, 0.717) is 5.92 Å². The number of ether oxygens (including phenoxy) is 1. The van der Waals surface area contributed by atoms with E-state index in [1.54, 1.807) is 13.3 Å². The Bertz CT molecular complexity index is 1230. The van der Waals surface area contributed by atoms with Crippen molar-refractivity contribution in [3.05, 3.63) is 59.8 Å². The predicted octanol–water partition coefficient (Wildman–Crippen LogP) is 3.75. The summed E-state index contributed by atoms with van der Waals surface area (Å²) in [4.78, 5) is 7.03. The van der Waals surface area contributed by atoms with Crippen LogP contribution in [0.5, 0.6) is 5.75 Å². The average molecular weight is 463 g/mol. The fraction of sp³-hybridized carbons (Fsp3) is 0.400. The van der Waals surface area contributed by atoms with Gasteiger partial charge in [0.15, 0.2) is 0 Å². The summed E-state index contributed by atoms with van der Waals surface area (Å²) < 4.78 is 14.0. The topological polar surface area (TPSA) is 89.2 Å². The number of hydrogen-bond acceptors (Lipinski definition) is 8. The summed E-state index contributed by atoms with van der Waals surface area (Å²) in [5, 5.41) is 4.72. The third kappa shape index (κ3) is 5.14. The molecule has 3 N–H and O–H groups in total. The maximum Gasteiger partial charge on any atom is 0.137 e. The first-order valence-corrected chi connectivity index (χ1v) is 12.2. The van der Waals surface area contributed by atoms with Crippen LogP contribution in [0.25, 0.3) is 21.9 Å². The van der Waals surface area contributed by atoms with Crippen LogP contribution in [0.1, 0.15) is 30.0 Å². The lowest BCUT2D eigenvalue weighted by molar-refractivity contribution is 0.164. The van der Waals surface area contributed by atoms with Crippen LogP contribution >= 0.6 is 11.7 Å². The second kappa shape index (κ2) is 10.1. The van der Waals surface area contributed by atoms with Gasteiger partial charge in [0.05, 0.1) is 30.6 Å². The zero-order valence-electron chi connectivity index (χ0n) is 18.9. The van der Waals surface area contributed by atoms with Gasteiger partial charge in [-0.25, -0.2) is 0 Å². The highest BCUT2D eigenvalue weighted by molar-refractivity contribution is 7.00. The normalized spacial score (nSPS) is 18.1. The standard InChI is InChI=1S/C25H30N6OS/c1-32-19-11-21-20(5-2-6-23(21)28-14-19)22(26)16-31-9-3-4-18(15-31)13-27-12-17-7-8-24-25(10-17)30-33-29-24/h2,5-8,10-11,14,18,22,27H,3-4,9,12-13,15-16,26H2,1H3. The maximum atomic E-state index is 6.71. The molecule has 2 unspecified atom stereocenters. The van der Waals surface area contributed by atoms with Gasteiger partial charge in [-0.2, -0.15) is 8.75 Å². The van der Waals surface area contributed by atoms with Crippen LogP contribution in [0.3, 0.4) is 0 Å². The van der Waals surface area contributed by atoms with E-state index in [-0.39, 0.29) is 6.04 Å². The van der Waals surface area contributed by atoms with Crippen LogP contribution in [-0.2, 0) is 6.54 Å². The molecule has 5 rings (SSSR count). The quantitative estimate of drug-likeness (QED) is 0.412. The van der Waals surface area contributed by atoms with Crippen molar-refractivity contribution in [1.29, 1.82) is 0 Å². The summed E-state index contributed by atoms with van der Waals surface area (Å²) in [5.74, 6) is 1.39. The zero-order valence-corrected chi connectivity index (χ0v) is 19.7. The Balaban J connectivity index is 1.17. The SMILES string of the molecule is COc1cnc2cccc(C(N)CN3CCCC(CNCc4ccc5nsnc5c4)C3)c2c1. The van der Waals surface area contributed by atoms with Gasteiger partial charge < -0.3 is 20.7 Å². The summed E-state index contributed by atoms with van der Waals surface area (Å²) in [6.45, 7) is 4.88. The van der Waals surface area contributed by atoms with Crippen LogP contribution in [0, 0.1) is 5.92 Å². The van der Waals surface area contributed by atoms with E-state index in [2.05, 4.69) is 48.2 Å². The van der Waals surface area contributed by atoms with Gasteiger partial charge in [-0.3, -0.25) is 4.98 Å². The number of rotatable bonds is 8. The van der Waals surface area contributed by atoms with Crippen molar-refractivity contribution in [2.24, 2.45) is 11.7 Å². The summed E-state index contributed by atoms with van der Waals surface area (Å²) in [7, 11) is 1.67. The first-order valence-electron chi connectivity index (χ1n) is 11.5. The number of nitrogens with one attached hydrogen (secondary N) is 1. The zero-order chi connectivity index (χ0) is 22.6. The number of aromatic nitrogens is 3. The molecule has 2 atom stereocenters. The Kier molecular flexibility index (Phi) is 6.78. The maximum absolute atomic E-state index is 6.71. The van der Waals surface area contributed by atoms with Gasteiger partial charge in [-0.1, -0.05) is 18.2 Å². The molecule has 2 aromatic carbocycles. The number of hydrogen-bond donors (Lipinski definition) is 2. The molecule has 3 heterocycles. The number of likely N-dealkylation sites (tertiary alicyclic amines) is 1. The number of nitrogens with two attached hydrogens (primary N) is 1. The number of pyridine rings is 1. The molecule has 0 aliphatic carbocycles. The largest absolute Gasteiger partial charge is 0.495 e. The molecule has 172 valence electrons. The third-order valence-electron chi connectivity index (χ3n) is 6.51. The molecule has 0 saturated carbocycles. The molecule has 1 aliphatic heterocycles. The van der Waals surface area contributed by atoms with E-state index in [0.717, 1.165) is 66.0 Å². The average Bonchev–Trinajstić information content (AvgIpc) is 3.31. The first-order chi connectivity index (χ1) is 16.2. The van der Waals surface area contributed by atoms with Gasteiger partial charge in [0, 0.05) is 31.1 Å². The Morgan fingerprint density at radius 1 is 1.18 bits per heavy atom.